The molecule has 0 unspecified atom stereocenters. The summed E-state index contributed by atoms with van der Waals surface area (Å²) in [4.78, 5) is 11.1. The molecule has 1 fully saturated rings. The fourth-order valence-corrected chi connectivity index (χ4v) is 3.71. The van der Waals surface area contributed by atoms with Crippen molar-refractivity contribution in [1.82, 2.24) is 14.7 Å². The third-order valence-electron chi connectivity index (χ3n) is 5.21. The number of rotatable bonds is 8. The predicted octanol–water partition coefficient (Wildman–Crippen LogP) is 2.07. The van der Waals surface area contributed by atoms with E-state index in [1.807, 2.05) is 12.1 Å². The quantitative estimate of drug-likeness (QED) is 0.699. The fourth-order valence-electron chi connectivity index (χ4n) is 3.71. The van der Waals surface area contributed by atoms with E-state index >= 15 is 0 Å². The molecule has 1 aromatic heterocycles. The summed E-state index contributed by atoms with van der Waals surface area (Å²) in [6.07, 6.45) is 3.92. The van der Waals surface area contributed by atoms with E-state index in [1.165, 1.54) is 32.4 Å². The number of furan rings is 1. The van der Waals surface area contributed by atoms with Crippen LogP contribution < -0.4 is 0 Å². The SMILES string of the molecule is CN(CCN1CCN=C1C(C#N)C#N)Cc1ccc(CN2CCCCC2)o1. The Labute approximate surface area is 161 Å². The molecule has 0 spiro atoms. The van der Waals surface area contributed by atoms with Gasteiger partial charge in [-0.05, 0) is 45.1 Å². The van der Waals surface area contributed by atoms with Gasteiger partial charge in [0.25, 0.3) is 0 Å². The van der Waals surface area contributed by atoms with E-state index in [4.69, 9.17) is 14.9 Å². The molecular formula is C20H28N6O. The van der Waals surface area contributed by atoms with Crippen LogP contribution in [-0.4, -0.2) is 66.9 Å². The first kappa shape index (κ1) is 19.4. The van der Waals surface area contributed by atoms with Gasteiger partial charge in [-0.1, -0.05) is 6.42 Å². The molecule has 3 rings (SSSR count). The third kappa shape index (κ3) is 5.32. The molecule has 7 heteroatoms. The largest absolute Gasteiger partial charge is 0.463 e. The maximum atomic E-state index is 9.09. The number of amidine groups is 1. The van der Waals surface area contributed by atoms with Crippen LogP contribution in [0.3, 0.4) is 0 Å². The minimum absolute atomic E-state index is 0.621. The van der Waals surface area contributed by atoms with Gasteiger partial charge in [-0.2, -0.15) is 10.5 Å². The van der Waals surface area contributed by atoms with E-state index in [-0.39, 0.29) is 0 Å². The highest BCUT2D eigenvalue weighted by Crippen LogP contribution is 2.16. The summed E-state index contributed by atoms with van der Waals surface area (Å²) in [6.45, 7) is 7.02. The van der Waals surface area contributed by atoms with Gasteiger partial charge in [0.05, 0.1) is 31.8 Å². The van der Waals surface area contributed by atoms with Crippen molar-refractivity contribution in [3.63, 3.8) is 0 Å². The molecular weight excluding hydrogens is 340 g/mol. The van der Waals surface area contributed by atoms with Crippen molar-refractivity contribution in [2.75, 3.05) is 46.3 Å². The Hall–Kier alpha value is -2.35. The topological polar surface area (TPSA) is 82.8 Å². The second kappa shape index (κ2) is 9.55. The van der Waals surface area contributed by atoms with Crippen molar-refractivity contribution < 1.29 is 4.42 Å². The maximum Gasteiger partial charge on any atom is 0.189 e. The Morgan fingerprint density at radius 1 is 1.15 bits per heavy atom. The first-order valence-corrected chi connectivity index (χ1v) is 9.76. The monoisotopic (exact) mass is 368 g/mol. The molecule has 144 valence electrons. The number of hydrogen-bond acceptors (Lipinski definition) is 7. The van der Waals surface area contributed by atoms with E-state index < -0.39 is 5.92 Å². The van der Waals surface area contributed by atoms with E-state index in [9.17, 15) is 0 Å². The molecule has 0 bridgehead atoms. The minimum atomic E-state index is -0.764. The Morgan fingerprint density at radius 2 is 1.89 bits per heavy atom. The number of hydrogen-bond donors (Lipinski definition) is 0. The lowest BCUT2D eigenvalue weighted by molar-refractivity contribution is 0.199. The summed E-state index contributed by atoms with van der Waals surface area (Å²) in [5.41, 5.74) is 0. The number of likely N-dealkylation sites (tertiary alicyclic amines) is 1. The van der Waals surface area contributed by atoms with Crippen molar-refractivity contribution in [2.45, 2.75) is 32.4 Å². The van der Waals surface area contributed by atoms with Crippen molar-refractivity contribution in [3.05, 3.63) is 23.7 Å². The van der Waals surface area contributed by atoms with Crippen molar-refractivity contribution in [1.29, 1.82) is 10.5 Å². The zero-order chi connectivity index (χ0) is 19.1. The molecule has 0 aromatic carbocycles. The predicted molar refractivity (Wildman–Crippen MR) is 103 cm³/mol. The summed E-state index contributed by atoms with van der Waals surface area (Å²) in [5, 5.41) is 18.2. The van der Waals surface area contributed by atoms with Crippen LogP contribution in [0.25, 0.3) is 0 Å². The molecule has 1 aromatic rings. The maximum absolute atomic E-state index is 9.09. The molecule has 27 heavy (non-hydrogen) atoms. The highest BCUT2D eigenvalue weighted by atomic mass is 16.3. The second-order valence-corrected chi connectivity index (χ2v) is 7.36. The normalized spacial score (nSPS) is 18.0. The number of nitrogens with zero attached hydrogens (tertiary/aromatic N) is 6. The van der Waals surface area contributed by atoms with Gasteiger partial charge >= 0.3 is 0 Å². The zero-order valence-electron chi connectivity index (χ0n) is 16.1. The lowest BCUT2D eigenvalue weighted by Gasteiger charge is -2.25. The van der Waals surface area contributed by atoms with Gasteiger partial charge < -0.3 is 9.32 Å². The van der Waals surface area contributed by atoms with Gasteiger partial charge in [-0.25, -0.2) is 0 Å². The van der Waals surface area contributed by atoms with Crippen molar-refractivity contribution in [2.24, 2.45) is 10.9 Å². The average molecular weight is 368 g/mol. The highest BCUT2D eigenvalue weighted by Gasteiger charge is 2.25. The van der Waals surface area contributed by atoms with Gasteiger partial charge in [0, 0.05) is 19.6 Å². The van der Waals surface area contributed by atoms with Crippen molar-refractivity contribution in [3.8, 4) is 12.1 Å². The molecule has 0 atom stereocenters. The Balaban J connectivity index is 1.44. The second-order valence-electron chi connectivity index (χ2n) is 7.36. The number of nitriles is 2. The summed E-state index contributed by atoms with van der Waals surface area (Å²) in [5.74, 6) is 1.88. The van der Waals surface area contributed by atoms with E-state index in [0.717, 1.165) is 44.2 Å². The summed E-state index contributed by atoms with van der Waals surface area (Å²) >= 11 is 0. The van der Waals surface area contributed by atoms with Crippen LogP contribution in [0.2, 0.25) is 0 Å². The Bertz CT molecular complexity index is 708. The highest BCUT2D eigenvalue weighted by molar-refractivity contribution is 5.90. The summed E-state index contributed by atoms with van der Waals surface area (Å²) in [6, 6.07) is 8.20. The van der Waals surface area contributed by atoms with Crippen LogP contribution in [0.5, 0.6) is 0 Å². The van der Waals surface area contributed by atoms with E-state index in [1.54, 1.807) is 0 Å². The van der Waals surface area contributed by atoms with Gasteiger partial charge in [0.2, 0.25) is 0 Å². The first-order chi connectivity index (χ1) is 13.2. The molecule has 0 saturated carbocycles. The zero-order valence-corrected chi connectivity index (χ0v) is 16.1. The standard InChI is InChI=1S/C20H28N6O/c1-24(11-12-26-10-7-23-20(26)17(13-21)14-22)15-18-5-6-19(27-18)16-25-8-3-2-4-9-25/h5-6,17H,2-4,7-12,15-16H2,1H3. The molecule has 3 heterocycles. The van der Waals surface area contributed by atoms with Crippen molar-refractivity contribution >= 4 is 5.84 Å². The fraction of sp³-hybridized carbons (Fsp3) is 0.650. The van der Waals surface area contributed by atoms with Gasteiger partial charge in [0.15, 0.2) is 5.92 Å². The molecule has 1 saturated heterocycles. The number of piperidine rings is 1. The van der Waals surface area contributed by atoms with Crippen LogP contribution in [-0.2, 0) is 13.1 Å². The van der Waals surface area contributed by atoms with Crippen LogP contribution >= 0.6 is 0 Å². The summed E-state index contributed by atoms with van der Waals surface area (Å²) in [7, 11) is 2.06. The molecule has 0 radical (unpaired) electrons. The van der Waals surface area contributed by atoms with E-state index in [0.29, 0.717) is 12.4 Å². The van der Waals surface area contributed by atoms with Gasteiger partial charge in [-0.15, -0.1) is 0 Å². The number of aliphatic imine (C=N–C) groups is 1. The molecule has 0 N–H and O–H groups in total. The molecule has 0 aliphatic carbocycles. The van der Waals surface area contributed by atoms with Crippen LogP contribution in [0.1, 0.15) is 30.8 Å². The van der Waals surface area contributed by atoms with Crippen LogP contribution in [0.4, 0.5) is 0 Å². The van der Waals surface area contributed by atoms with Gasteiger partial charge in [-0.3, -0.25) is 14.8 Å². The van der Waals surface area contributed by atoms with Crippen LogP contribution in [0.15, 0.2) is 21.5 Å². The smallest absolute Gasteiger partial charge is 0.189 e. The van der Waals surface area contributed by atoms with Gasteiger partial charge in [0.1, 0.15) is 17.4 Å². The average Bonchev–Trinajstić information content (AvgIpc) is 3.32. The molecule has 7 nitrogen and oxygen atoms in total. The third-order valence-corrected chi connectivity index (χ3v) is 5.21. The molecule has 2 aliphatic rings. The lowest BCUT2D eigenvalue weighted by Crippen LogP contribution is -2.38. The minimum Gasteiger partial charge on any atom is -0.463 e. The number of likely N-dealkylation sites (N-methyl/N-ethyl adjacent to an activating group) is 1. The Kier molecular flexibility index (Phi) is 6.86. The van der Waals surface area contributed by atoms with E-state index in [2.05, 4.69) is 38.9 Å². The lowest BCUT2D eigenvalue weighted by atomic mass is 10.1. The molecule has 2 aliphatic heterocycles. The first-order valence-electron chi connectivity index (χ1n) is 9.76. The Morgan fingerprint density at radius 3 is 2.63 bits per heavy atom. The van der Waals surface area contributed by atoms with Crippen LogP contribution in [0, 0.1) is 28.6 Å². The molecule has 0 amide bonds. The summed E-state index contributed by atoms with van der Waals surface area (Å²) < 4.78 is 6.02.